The first-order valence-corrected chi connectivity index (χ1v) is 10.3. The van der Waals surface area contributed by atoms with Crippen LogP contribution in [-0.4, -0.2) is 17.2 Å². The number of carbonyl (C=O) groups excluding carboxylic acids is 1. The molecule has 7 heteroatoms. The van der Waals surface area contributed by atoms with Crippen molar-refractivity contribution in [2.75, 3.05) is 5.32 Å². The molecule has 2 aromatic carbocycles. The molecule has 1 aliphatic heterocycles. The molecule has 0 spiro atoms. The van der Waals surface area contributed by atoms with Gasteiger partial charge in [-0.2, -0.15) is 0 Å². The van der Waals surface area contributed by atoms with Gasteiger partial charge in [-0.25, -0.2) is 0 Å². The molecule has 1 aromatic heterocycles. The molecule has 5 nitrogen and oxygen atoms in total. The normalized spacial score (nSPS) is 18.3. The number of aryl methyl sites for hydroxylation is 1. The van der Waals surface area contributed by atoms with Crippen molar-refractivity contribution in [2.45, 2.75) is 57.7 Å². The molecule has 1 saturated carbocycles. The fourth-order valence-electron chi connectivity index (χ4n) is 4.15. The predicted octanol–water partition coefficient (Wildman–Crippen LogP) is 5.77. The molecule has 31 heavy (non-hydrogen) atoms. The second-order valence-corrected chi connectivity index (χ2v) is 9.50. The van der Waals surface area contributed by atoms with Gasteiger partial charge in [0.05, 0.1) is 5.41 Å². The Morgan fingerprint density at radius 1 is 1.06 bits per heavy atom. The maximum Gasteiger partial charge on any atom is 0.586 e. The number of hydrogen-bond donors (Lipinski definition) is 2. The number of anilines is 1. The summed E-state index contributed by atoms with van der Waals surface area (Å²) in [6.45, 7) is 8.43. The van der Waals surface area contributed by atoms with E-state index in [1.54, 1.807) is 6.07 Å². The average Bonchev–Trinajstić information content (AvgIpc) is 3.25. The van der Waals surface area contributed by atoms with Gasteiger partial charge in [0, 0.05) is 27.7 Å². The Kier molecular flexibility index (Phi) is 3.98. The molecule has 0 bridgehead atoms. The lowest BCUT2D eigenvalue weighted by atomic mass is 9.92. The van der Waals surface area contributed by atoms with Crippen LogP contribution in [0, 0.1) is 6.92 Å². The molecule has 5 rings (SSSR count). The molecule has 162 valence electrons. The number of aromatic nitrogens is 1. The zero-order valence-corrected chi connectivity index (χ0v) is 17.9. The Morgan fingerprint density at radius 3 is 2.45 bits per heavy atom. The third kappa shape index (κ3) is 3.23. The number of hydrogen-bond acceptors (Lipinski definition) is 3. The van der Waals surface area contributed by atoms with E-state index < -0.39 is 11.7 Å². The number of alkyl halides is 2. The lowest BCUT2D eigenvalue weighted by Crippen LogP contribution is -2.28. The summed E-state index contributed by atoms with van der Waals surface area (Å²) in [5.74, 6) is -0.207. The van der Waals surface area contributed by atoms with Crippen molar-refractivity contribution in [1.82, 2.24) is 4.98 Å². The van der Waals surface area contributed by atoms with Gasteiger partial charge in [-0.15, -0.1) is 8.78 Å². The number of halogens is 2. The number of fused-ring (bicyclic) bond motifs is 2. The molecule has 2 N–H and O–H groups in total. The Labute approximate surface area is 178 Å². The first-order chi connectivity index (χ1) is 14.5. The molecular weight excluding hydrogens is 402 g/mol. The zero-order valence-electron chi connectivity index (χ0n) is 17.9. The van der Waals surface area contributed by atoms with Gasteiger partial charge in [-0.05, 0) is 61.2 Å². The third-order valence-electron chi connectivity index (χ3n) is 6.27. The smallest absolute Gasteiger partial charge is 0.395 e. The Balaban J connectivity index is 1.43. The Bertz CT molecular complexity index is 1220. The van der Waals surface area contributed by atoms with Crippen molar-refractivity contribution in [3.8, 4) is 11.5 Å². The van der Waals surface area contributed by atoms with Gasteiger partial charge in [0.15, 0.2) is 11.5 Å². The number of ether oxygens (including phenoxy) is 2. The van der Waals surface area contributed by atoms with Crippen LogP contribution in [0.25, 0.3) is 10.9 Å². The van der Waals surface area contributed by atoms with E-state index in [1.807, 2.05) is 19.1 Å². The first kappa shape index (κ1) is 19.8. The van der Waals surface area contributed by atoms with Crippen LogP contribution in [0.15, 0.2) is 36.4 Å². The summed E-state index contributed by atoms with van der Waals surface area (Å²) in [4.78, 5) is 16.7. The lowest BCUT2D eigenvalue weighted by molar-refractivity contribution is -0.286. The monoisotopic (exact) mass is 426 g/mol. The summed E-state index contributed by atoms with van der Waals surface area (Å²) < 4.78 is 35.7. The van der Waals surface area contributed by atoms with E-state index in [0.29, 0.717) is 18.4 Å². The van der Waals surface area contributed by atoms with E-state index in [4.69, 9.17) is 0 Å². The van der Waals surface area contributed by atoms with E-state index in [1.165, 1.54) is 12.1 Å². The molecule has 1 amide bonds. The number of nitrogens with one attached hydrogen (secondary N) is 2. The molecule has 0 atom stereocenters. The minimum absolute atomic E-state index is 0.0108. The molecule has 3 aromatic rings. The van der Waals surface area contributed by atoms with Crippen LogP contribution >= 0.6 is 0 Å². The highest BCUT2D eigenvalue weighted by molar-refractivity contribution is 6.03. The van der Waals surface area contributed by atoms with E-state index in [-0.39, 0.29) is 22.8 Å². The van der Waals surface area contributed by atoms with Crippen molar-refractivity contribution in [2.24, 2.45) is 0 Å². The predicted molar refractivity (Wildman–Crippen MR) is 114 cm³/mol. The molecular formula is C24H24F2N2O3. The molecule has 0 saturated heterocycles. The van der Waals surface area contributed by atoms with Crippen LogP contribution in [0.1, 0.15) is 50.4 Å². The standard InChI is InChI=1S/C24H24F2N2O3/c1-13-15-12-20(22(2,3)4)27-17(15)7-6-16(13)28-21(29)23(9-10-23)14-5-8-18-19(11-14)31-24(25,26)30-18/h5-8,11-12,27H,9-10H2,1-4H3,(H,28,29). The molecule has 1 fully saturated rings. The summed E-state index contributed by atoms with van der Waals surface area (Å²) in [5.41, 5.74) is 3.79. The fourth-order valence-corrected chi connectivity index (χ4v) is 4.15. The number of H-pyrrole nitrogens is 1. The van der Waals surface area contributed by atoms with Gasteiger partial charge in [-0.3, -0.25) is 4.79 Å². The molecule has 1 aliphatic carbocycles. The van der Waals surface area contributed by atoms with Crippen LogP contribution in [0.2, 0.25) is 0 Å². The van der Waals surface area contributed by atoms with Gasteiger partial charge < -0.3 is 19.8 Å². The van der Waals surface area contributed by atoms with Crippen molar-refractivity contribution >= 4 is 22.5 Å². The molecule has 0 radical (unpaired) electrons. The number of rotatable bonds is 3. The summed E-state index contributed by atoms with van der Waals surface area (Å²) in [5, 5.41) is 4.13. The lowest BCUT2D eigenvalue weighted by Gasteiger charge is -2.17. The van der Waals surface area contributed by atoms with Crippen molar-refractivity contribution < 1.29 is 23.0 Å². The zero-order chi connectivity index (χ0) is 22.2. The Morgan fingerprint density at radius 2 is 1.77 bits per heavy atom. The minimum atomic E-state index is -3.67. The maximum atomic E-state index is 13.3. The van der Waals surface area contributed by atoms with Gasteiger partial charge in [0.2, 0.25) is 5.91 Å². The highest BCUT2D eigenvalue weighted by atomic mass is 19.3. The number of aromatic amines is 1. The van der Waals surface area contributed by atoms with E-state index >= 15 is 0 Å². The van der Waals surface area contributed by atoms with Gasteiger partial charge in [0.1, 0.15) is 0 Å². The quantitative estimate of drug-likeness (QED) is 0.559. The number of carbonyl (C=O) groups is 1. The largest absolute Gasteiger partial charge is 0.586 e. The van der Waals surface area contributed by atoms with Crippen molar-refractivity contribution in [3.63, 3.8) is 0 Å². The number of amides is 1. The summed E-state index contributed by atoms with van der Waals surface area (Å²) in [6.07, 6.45) is -2.38. The summed E-state index contributed by atoms with van der Waals surface area (Å²) in [6, 6.07) is 10.6. The Hall–Kier alpha value is -3.09. The third-order valence-corrected chi connectivity index (χ3v) is 6.27. The maximum absolute atomic E-state index is 13.3. The topological polar surface area (TPSA) is 63.4 Å². The van der Waals surface area contributed by atoms with Crippen LogP contribution in [0.5, 0.6) is 11.5 Å². The van der Waals surface area contributed by atoms with E-state index in [9.17, 15) is 13.6 Å². The van der Waals surface area contributed by atoms with Crippen LogP contribution in [-0.2, 0) is 15.6 Å². The molecule has 0 unspecified atom stereocenters. The SMILES string of the molecule is Cc1c(NC(=O)C2(c3ccc4c(c3)OC(F)(F)O4)CC2)ccc2[nH]c(C(C)(C)C)cc12. The first-order valence-electron chi connectivity index (χ1n) is 10.3. The number of benzene rings is 2. The molecule has 2 aliphatic rings. The van der Waals surface area contributed by atoms with Crippen LogP contribution < -0.4 is 14.8 Å². The summed E-state index contributed by atoms with van der Waals surface area (Å²) in [7, 11) is 0. The van der Waals surface area contributed by atoms with Crippen LogP contribution in [0.3, 0.4) is 0 Å². The second kappa shape index (κ2) is 6.22. The fraction of sp³-hybridized carbons (Fsp3) is 0.375. The minimum Gasteiger partial charge on any atom is -0.395 e. The van der Waals surface area contributed by atoms with Crippen LogP contribution in [0.4, 0.5) is 14.5 Å². The summed E-state index contributed by atoms with van der Waals surface area (Å²) >= 11 is 0. The van der Waals surface area contributed by atoms with Crippen molar-refractivity contribution in [3.05, 3.63) is 53.2 Å². The second-order valence-electron chi connectivity index (χ2n) is 9.50. The highest BCUT2D eigenvalue weighted by Crippen LogP contribution is 2.52. The van der Waals surface area contributed by atoms with E-state index in [0.717, 1.165) is 27.8 Å². The van der Waals surface area contributed by atoms with Gasteiger partial charge in [-0.1, -0.05) is 26.8 Å². The van der Waals surface area contributed by atoms with Gasteiger partial charge >= 0.3 is 6.29 Å². The average molecular weight is 426 g/mol. The molecule has 2 heterocycles. The van der Waals surface area contributed by atoms with Crippen molar-refractivity contribution in [1.29, 1.82) is 0 Å². The van der Waals surface area contributed by atoms with E-state index in [2.05, 4.69) is 46.6 Å². The highest BCUT2D eigenvalue weighted by Gasteiger charge is 2.52. The van der Waals surface area contributed by atoms with Gasteiger partial charge in [0.25, 0.3) is 0 Å².